The maximum absolute atomic E-state index is 11.5. The van der Waals surface area contributed by atoms with Crippen molar-refractivity contribution in [1.82, 2.24) is 0 Å². The van der Waals surface area contributed by atoms with Crippen LogP contribution in [0.2, 0.25) is 0 Å². The van der Waals surface area contributed by atoms with Crippen molar-refractivity contribution in [2.45, 2.75) is 26.9 Å². The van der Waals surface area contributed by atoms with E-state index in [-0.39, 0.29) is 6.54 Å². The predicted octanol–water partition coefficient (Wildman–Crippen LogP) is 0.870. The second kappa shape index (κ2) is 5.09. The molecule has 0 saturated heterocycles. The minimum Gasteiger partial charge on any atom is -0.382 e. The topological polar surface area (TPSA) is 75.3 Å². The first-order valence-electron chi connectivity index (χ1n) is 5.23. The van der Waals surface area contributed by atoms with Crippen LogP contribution in [0.1, 0.15) is 16.7 Å². The number of anilines is 1. The van der Waals surface area contributed by atoms with E-state index in [4.69, 9.17) is 5.73 Å². The van der Waals surface area contributed by atoms with Crippen LogP contribution in [-0.2, 0) is 4.79 Å². The minimum absolute atomic E-state index is 0.0737. The molecular formula is C12H18N2O2. The fraction of sp³-hybridized carbons (Fsp3) is 0.417. The van der Waals surface area contributed by atoms with E-state index in [1.807, 2.05) is 32.9 Å². The number of benzene rings is 1. The van der Waals surface area contributed by atoms with Crippen molar-refractivity contribution in [3.8, 4) is 0 Å². The van der Waals surface area contributed by atoms with Crippen molar-refractivity contribution < 1.29 is 9.90 Å². The molecule has 16 heavy (non-hydrogen) atoms. The number of carbonyl (C=O) groups excluding carboxylic acids is 1. The number of aliphatic hydroxyl groups is 1. The summed E-state index contributed by atoms with van der Waals surface area (Å²) in [4.78, 5) is 11.5. The van der Waals surface area contributed by atoms with E-state index in [0.717, 1.165) is 16.8 Å². The molecule has 1 rings (SSSR count). The zero-order chi connectivity index (χ0) is 12.3. The highest BCUT2D eigenvalue weighted by molar-refractivity contribution is 5.95. The number of nitrogens with two attached hydrogens (primary N) is 1. The molecule has 4 heteroatoms. The summed E-state index contributed by atoms with van der Waals surface area (Å²) in [6.07, 6.45) is -1.15. The van der Waals surface area contributed by atoms with Gasteiger partial charge in [-0.2, -0.15) is 0 Å². The lowest BCUT2D eigenvalue weighted by Gasteiger charge is -2.14. The van der Waals surface area contributed by atoms with Crippen molar-refractivity contribution in [3.05, 3.63) is 28.8 Å². The molecule has 0 heterocycles. The van der Waals surface area contributed by atoms with Crippen LogP contribution in [0.15, 0.2) is 12.1 Å². The highest BCUT2D eigenvalue weighted by Crippen LogP contribution is 2.21. The third-order valence-electron chi connectivity index (χ3n) is 2.84. The zero-order valence-electron chi connectivity index (χ0n) is 9.87. The van der Waals surface area contributed by atoms with Gasteiger partial charge in [0.05, 0.1) is 0 Å². The molecule has 0 radical (unpaired) electrons. The third-order valence-corrected chi connectivity index (χ3v) is 2.84. The Morgan fingerprint density at radius 2 is 2.00 bits per heavy atom. The van der Waals surface area contributed by atoms with Gasteiger partial charge in [0.15, 0.2) is 0 Å². The molecule has 0 aliphatic heterocycles. The molecule has 4 nitrogen and oxygen atoms in total. The maximum Gasteiger partial charge on any atom is 0.254 e. The molecule has 0 saturated carbocycles. The lowest BCUT2D eigenvalue weighted by Crippen LogP contribution is -2.34. The highest BCUT2D eigenvalue weighted by Gasteiger charge is 2.14. The number of aryl methyl sites for hydroxylation is 1. The number of nitrogens with one attached hydrogen (secondary N) is 1. The van der Waals surface area contributed by atoms with Gasteiger partial charge in [0.1, 0.15) is 6.10 Å². The average Bonchev–Trinajstić information content (AvgIpc) is 2.28. The first kappa shape index (κ1) is 12.7. The van der Waals surface area contributed by atoms with Gasteiger partial charge in [-0.3, -0.25) is 4.79 Å². The monoisotopic (exact) mass is 222 g/mol. The van der Waals surface area contributed by atoms with Gasteiger partial charge < -0.3 is 16.2 Å². The molecule has 0 aliphatic rings. The Balaban J connectivity index is 2.91. The van der Waals surface area contributed by atoms with Crippen LogP contribution >= 0.6 is 0 Å². The van der Waals surface area contributed by atoms with Gasteiger partial charge in [-0.05, 0) is 43.5 Å². The summed E-state index contributed by atoms with van der Waals surface area (Å²) < 4.78 is 0. The molecule has 1 unspecified atom stereocenters. The lowest BCUT2D eigenvalue weighted by molar-refractivity contribution is -0.123. The number of hydrogen-bond donors (Lipinski definition) is 3. The van der Waals surface area contributed by atoms with Crippen LogP contribution < -0.4 is 11.1 Å². The van der Waals surface area contributed by atoms with Gasteiger partial charge in [0.2, 0.25) is 0 Å². The second-order valence-electron chi connectivity index (χ2n) is 3.92. The van der Waals surface area contributed by atoms with Crippen LogP contribution in [0.25, 0.3) is 0 Å². The second-order valence-corrected chi connectivity index (χ2v) is 3.92. The predicted molar refractivity (Wildman–Crippen MR) is 64.3 cm³/mol. The van der Waals surface area contributed by atoms with Crippen molar-refractivity contribution in [2.24, 2.45) is 5.73 Å². The largest absolute Gasteiger partial charge is 0.382 e. The molecule has 0 aliphatic carbocycles. The van der Waals surface area contributed by atoms with E-state index in [1.165, 1.54) is 5.56 Å². The van der Waals surface area contributed by atoms with E-state index < -0.39 is 12.0 Å². The van der Waals surface area contributed by atoms with Gasteiger partial charge in [0, 0.05) is 12.2 Å². The fourth-order valence-electron chi connectivity index (χ4n) is 1.41. The fourth-order valence-corrected chi connectivity index (χ4v) is 1.41. The van der Waals surface area contributed by atoms with Crippen molar-refractivity contribution in [1.29, 1.82) is 0 Å². The molecule has 4 N–H and O–H groups in total. The smallest absolute Gasteiger partial charge is 0.254 e. The summed E-state index contributed by atoms with van der Waals surface area (Å²) in [7, 11) is 0. The number of rotatable bonds is 3. The van der Waals surface area contributed by atoms with Gasteiger partial charge >= 0.3 is 0 Å². The van der Waals surface area contributed by atoms with Crippen LogP contribution in [0, 0.1) is 20.8 Å². The number of carbonyl (C=O) groups is 1. The summed E-state index contributed by atoms with van der Waals surface area (Å²) >= 11 is 0. The molecule has 1 aromatic rings. The quantitative estimate of drug-likeness (QED) is 0.710. The third kappa shape index (κ3) is 2.59. The minimum atomic E-state index is -1.15. The Morgan fingerprint density at radius 1 is 1.38 bits per heavy atom. The first-order chi connectivity index (χ1) is 7.47. The summed E-state index contributed by atoms with van der Waals surface area (Å²) in [5, 5.41) is 11.9. The van der Waals surface area contributed by atoms with E-state index in [0.29, 0.717) is 0 Å². The summed E-state index contributed by atoms with van der Waals surface area (Å²) in [5.74, 6) is -0.464. The maximum atomic E-state index is 11.5. The lowest BCUT2D eigenvalue weighted by atomic mass is 10.0. The van der Waals surface area contributed by atoms with E-state index in [2.05, 4.69) is 5.32 Å². The summed E-state index contributed by atoms with van der Waals surface area (Å²) in [6.45, 7) is 5.88. The molecule has 0 spiro atoms. The van der Waals surface area contributed by atoms with E-state index >= 15 is 0 Å². The van der Waals surface area contributed by atoms with Crippen LogP contribution in [0.5, 0.6) is 0 Å². The van der Waals surface area contributed by atoms with Gasteiger partial charge in [-0.1, -0.05) is 6.07 Å². The SMILES string of the molecule is Cc1ccc(NC(=O)C(O)CN)c(C)c1C. The van der Waals surface area contributed by atoms with E-state index in [1.54, 1.807) is 0 Å². The molecule has 1 atom stereocenters. The summed E-state index contributed by atoms with van der Waals surface area (Å²) in [6, 6.07) is 3.77. The van der Waals surface area contributed by atoms with Crippen molar-refractivity contribution >= 4 is 11.6 Å². The van der Waals surface area contributed by atoms with Crippen LogP contribution in [0.4, 0.5) is 5.69 Å². The number of hydrogen-bond acceptors (Lipinski definition) is 3. The zero-order valence-corrected chi connectivity index (χ0v) is 9.87. The van der Waals surface area contributed by atoms with Gasteiger partial charge in [-0.15, -0.1) is 0 Å². The summed E-state index contributed by atoms with van der Waals surface area (Å²) in [5.41, 5.74) is 9.26. The molecule has 0 fully saturated rings. The Bertz CT molecular complexity index is 402. The van der Waals surface area contributed by atoms with Crippen molar-refractivity contribution in [3.63, 3.8) is 0 Å². The molecule has 0 bridgehead atoms. The number of amides is 1. The van der Waals surface area contributed by atoms with Crippen LogP contribution in [0.3, 0.4) is 0 Å². The Morgan fingerprint density at radius 3 is 2.56 bits per heavy atom. The molecular weight excluding hydrogens is 204 g/mol. The van der Waals surface area contributed by atoms with Gasteiger partial charge in [-0.25, -0.2) is 0 Å². The van der Waals surface area contributed by atoms with Gasteiger partial charge in [0.25, 0.3) is 5.91 Å². The number of aliphatic hydroxyl groups excluding tert-OH is 1. The molecule has 0 aromatic heterocycles. The Labute approximate surface area is 95.5 Å². The average molecular weight is 222 g/mol. The Hall–Kier alpha value is -1.39. The molecule has 1 amide bonds. The Kier molecular flexibility index (Phi) is 4.04. The highest BCUT2D eigenvalue weighted by atomic mass is 16.3. The van der Waals surface area contributed by atoms with E-state index in [9.17, 15) is 9.90 Å². The molecule has 88 valence electrons. The standard InChI is InChI=1S/C12H18N2O2/c1-7-4-5-10(9(3)8(7)2)14-12(16)11(15)6-13/h4-5,11,15H,6,13H2,1-3H3,(H,14,16). The molecule has 1 aromatic carbocycles. The normalized spacial score (nSPS) is 12.3. The van der Waals surface area contributed by atoms with Crippen molar-refractivity contribution in [2.75, 3.05) is 11.9 Å². The van der Waals surface area contributed by atoms with Crippen LogP contribution in [-0.4, -0.2) is 23.7 Å². The first-order valence-corrected chi connectivity index (χ1v) is 5.23.